The molecule has 1 atom stereocenters. The number of benzene rings is 3. The van der Waals surface area contributed by atoms with E-state index in [2.05, 4.69) is 4.72 Å². The van der Waals surface area contributed by atoms with E-state index in [1.165, 1.54) is 18.2 Å². The average Bonchev–Trinajstić information content (AvgIpc) is 3.53. The molecule has 1 aliphatic heterocycles. The van der Waals surface area contributed by atoms with Crippen molar-refractivity contribution in [2.45, 2.75) is 49.0 Å². The zero-order valence-electron chi connectivity index (χ0n) is 20.5. The van der Waals surface area contributed by atoms with Gasteiger partial charge in [0, 0.05) is 24.6 Å². The van der Waals surface area contributed by atoms with Gasteiger partial charge in [-0.2, -0.15) is 0 Å². The van der Waals surface area contributed by atoms with Crippen LogP contribution in [-0.4, -0.2) is 34.1 Å². The van der Waals surface area contributed by atoms with Crippen molar-refractivity contribution in [2.24, 2.45) is 0 Å². The summed E-state index contributed by atoms with van der Waals surface area (Å²) >= 11 is 0. The molecule has 9 heteroatoms. The highest BCUT2D eigenvalue weighted by Gasteiger charge is 2.33. The molecule has 2 fully saturated rings. The van der Waals surface area contributed by atoms with Crippen LogP contribution in [0.1, 0.15) is 43.6 Å². The molecule has 3 aromatic rings. The van der Waals surface area contributed by atoms with E-state index < -0.39 is 20.7 Å². The molecule has 0 aromatic heterocycles. The summed E-state index contributed by atoms with van der Waals surface area (Å²) in [6.07, 6.45) is 4.88. The van der Waals surface area contributed by atoms with E-state index in [0.29, 0.717) is 30.2 Å². The van der Waals surface area contributed by atoms with Crippen LogP contribution in [0, 0.1) is 5.82 Å². The van der Waals surface area contributed by atoms with Crippen molar-refractivity contribution < 1.29 is 27.1 Å². The van der Waals surface area contributed by atoms with Crippen LogP contribution >= 0.6 is 0 Å². The van der Waals surface area contributed by atoms with Gasteiger partial charge in [-0.15, -0.1) is 0 Å². The standard InChI is InChI=1S/C28H29FN2O5S/c1-35-25-14-13-19(15-26(25)36-23-9-2-3-10-23)20-16-28(32)31(18-20)22-8-6-7-21(17-22)30-37(33,34)27-12-5-4-11-24(27)29/h4-8,11-15,17,20,23,30H,2-3,9-10,16,18H2,1H3/t20-/m0/s1. The van der Waals surface area contributed by atoms with Gasteiger partial charge in [-0.1, -0.05) is 24.3 Å². The summed E-state index contributed by atoms with van der Waals surface area (Å²) in [6, 6.07) is 17.6. The van der Waals surface area contributed by atoms with Crippen LogP contribution in [0.5, 0.6) is 11.5 Å². The molecular weight excluding hydrogens is 495 g/mol. The first-order valence-electron chi connectivity index (χ1n) is 12.4. The van der Waals surface area contributed by atoms with Crippen LogP contribution in [-0.2, 0) is 14.8 Å². The number of hydrogen-bond acceptors (Lipinski definition) is 5. The Labute approximate surface area is 216 Å². The second-order valence-electron chi connectivity index (χ2n) is 9.43. The molecule has 1 heterocycles. The molecular formula is C28H29FN2O5S. The minimum atomic E-state index is -4.13. The van der Waals surface area contributed by atoms with E-state index >= 15 is 0 Å². The van der Waals surface area contributed by atoms with E-state index in [1.54, 1.807) is 36.3 Å². The van der Waals surface area contributed by atoms with Gasteiger partial charge >= 0.3 is 0 Å². The fourth-order valence-corrected chi connectivity index (χ4v) is 6.15. The molecule has 0 radical (unpaired) electrons. The first-order chi connectivity index (χ1) is 17.8. The number of hydrogen-bond donors (Lipinski definition) is 1. The number of amides is 1. The van der Waals surface area contributed by atoms with Crippen LogP contribution in [0.3, 0.4) is 0 Å². The Bertz CT molecular complexity index is 1410. The lowest BCUT2D eigenvalue weighted by molar-refractivity contribution is -0.117. The second kappa shape index (κ2) is 10.4. The van der Waals surface area contributed by atoms with Crippen LogP contribution in [0.2, 0.25) is 0 Å². The molecule has 3 aromatic carbocycles. The molecule has 2 aliphatic rings. The normalized spacial score (nSPS) is 18.3. The Hall–Kier alpha value is -3.59. The third kappa shape index (κ3) is 5.41. The number of halogens is 1. The first kappa shape index (κ1) is 25.1. The van der Waals surface area contributed by atoms with E-state index in [-0.39, 0.29) is 23.6 Å². The Morgan fingerprint density at radius 3 is 2.51 bits per heavy atom. The van der Waals surface area contributed by atoms with Crippen molar-refractivity contribution in [3.63, 3.8) is 0 Å². The molecule has 0 spiro atoms. The summed E-state index contributed by atoms with van der Waals surface area (Å²) in [6.45, 7) is 0.442. The van der Waals surface area contributed by atoms with Crippen LogP contribution in [0.25, 0.3) is 0 Å². The Kier molecular flexibility index (Phi) is 7.06. The second-order valence-corrected chi connectivity index (χ2v) is 11.1. The van der Waals surface area contributed by atoms with Crippen molar-refractivity contribution in [2.75, 3.05) is 23.3 Å². The lowest BCUT2D eigenvalue weighted by atomic mass is 9.98. The minimum absolute atomic E-state index is 0.0527. The summed E-state index contributed by atoms with van der Waals surface area (Å²) in [5.41, 5.74) is 1.80. The van der Waals surface area contributed by atoms with Crippen LogP contribution in [0.15, 0.2) is 71.6 Å². The predicted octanol–water partition coefficient (Wildman–Crippen LogP) is 5.48. The molecule has 5 rings (SSSR count). The average molecular weight is 525 g/mol. The van der Waals surface area contributed by atoms with Crippen molar-refractivity contribution in [1.29, 1.82) is 0 Å². The number of carbonyl (C=O) groups is 1. The van der Waals surface area contributed by atoms with Crippen molar-refractivity contribution >= 4 is 27.3 Å². The van der Waals surface area contributed by atoms with Gasteiger partial charge in [0.2, 0.25) is 5.91 Å². The number of nitrogens with zero attached hydrogens (tertiary/aromatic N) is 1. The number of rotatable bonds is 8. The quantitative estimate of drug-likeness (QED) is 0.422. The van der Waals surface area contributed by atoms with Gasteiger partial charge in [0.1, 0.15) is 10.7 Å². The topological polar surface area (TPSA) is 84.9 Å². The summed E-state index contributed by atoms with van der Waals surface area (Å²) in [4.78, 5) is 14.2. The van der Waals surface area contributed by atoms with Crippen molar-refractivity contribution in [1.82, 2.24) is 0 Å². The number of ether oxygens (including phenoxy) is 2. The van der Waals surface area contributed by atoms with Crippen molar-refractivity contribution in [3.05, 3.63) is 78.1 Å². The first-order valence-corrected chi connectivity index (χ1v) is 13.8. The summed E-state index contributed by atoms with van der Waals surface area (Å²) in [5.74, 6) is 0.421. The minimum Gasteiger partial charge on any atom is -0.493 e. The Morgan fingerprint density at radius 2 is 1.76 bits per heavy atom. The van der Waals surface area contributed by atoms with Gasteiger partial charge in [0.15, 0.2) is 11.5 Å². The molecule has 194 valence electrons. The van der Waals surface area contributed by atoms with Crippen LogP contribution in [0.4, 0.5) is 15.8 Å². The SMILES string of the molecule is COc1ccc([C@H]2CC(=O)N(c3cccc(NS(=O)(=O)c4ccccc4F)c3)C2)cc1OC1CCCC1. The predicted molar refractivity (Wildman–Crippen MR) is 139 cm³/mol. The van der Waals surface area contributed by atoms with Gasteiger partial charge in [-0.3, -0.25) is 9.52 Å². The molecule has 7 nitrogen and oxygen atoms in total. The molecule has 1 saturated heterocycles. The molecule has 0 unspecified atom stereocenters. The monoisotopic (exact) mass is 524 g/mol. The van der Waals surface area contributed by atoms with Crippen molar-refractivity contribution in [3.8, 4) is 11.5 Å². The maximum Gasteiger partial charge on any atom is 0.264 e. The number of anilines is 2. The molecule has 1 N–H and O–H groups in total. The zero-order chi connectivity index (χ0) is 26.0. The number of carbonyl (C=O) groups excluding carboxylic acids is 1. The smallest absolute Gasteiger partial charge is 0.264 e. The van der Waals surface area contributed by atoms with E-state index in [9.17, 15) is 17.6 Å². The van der Waals surface area contributed by atoms with Gasteiger partial charge in [0.05, 0.1) is 18.9 Å². The Balaban J connectivity index is 1.34. The van der Waals surface area contributed by atoms with E-state index in [0.717, 1.165) is 37.3 Å². The molecule has 0 bridgehead atoms. The van der Waals surface area contributed by atoms with Crippen LogP contribution < -0.4 is 19.1 Å². The lowest BCUT2D eigenvalue weighted by Gasteiger charge is -2.20. The highest BCUT2D eigenvalue weighted by atomic mass is 32.2. The third-order valence-corrected chi connectivity index (χ3v) is 8.33. The number of methoxy groups -OCH3 is 1. The summed E-state index contributed by atoms with van der Waals surface area (Å²) < 4.78 is 53.6. The highest BCUT2D eigenvalue weighted by molar-refractivity contribution is 7.92. The summed E-state index contributed by atoms with van der Waals surface area (Å²) in [7, 11) is -2.51. The highest BCUT2D eigenvalue weighted by Crippen LogP contribution is 2.38. The Morgan fingerprint density at radius 1 is 0.973 bits per heavy atom. The van der Waals surface area contributed by atoms with Gasteiger partial charge in [-0.05, 0) is 73.7 Å². The number of nitrogens with one attached hydrogen (secondary N) is 1. The van der Waals surface area contributed by atoms with Gasteiger partial charge < -0.3 is 14.4 Å². The van der Waals surface area contributed by atoms with Gasteiger partial charge in [-0.25, -0.2) is 12.8 Å². The summed E-state index contributed by atoms with van der Waals surface area (Å²) in [5, 5.41) is 0. The third-order valence-electron chi connectivity index (χ3n) is 6.92. The molecule has 1 saturated carbocycles. The maximum atomic E-state index is 14.1. The fourth-order valence-electron chi connectivity index (χ4n) is 5.02. The molecule has 1 aliphatic carbocycles. The van der Waals surface area contributed by atoms with E-state index in [4.69, 9.17) is 9.47 Å². The lowest BCUT2D eigenvalue weighted by Crippen LogP contribution is -2.24. The zero-order valence-corrected chi connectivity index (χ0v) is 21.3. The number of sulfonamides is 1. The molecule has 1 amide bonds. The maximum absolute atomic E-state index is 14.1. The molecule has 37 heavy (non-hydrogen) atoms. The largest absolute Gasteiger partial charge is 0.493 e. The fraction of sp³-hybridized carbons (Fsp3) is 0.321. The van der Waals surface area contributed by atoms with E-state index in [1.807, 2.05) is 18.2 Å². The van der Waals surface area contributed by atoms with Gasteiger partial charge in [0.25, 0.3) is 10.0 Å².